The molecule has 0 spiro atoms. The Bertz CT molecular complexity index is 381. The second kappa shape index (κ2) is 2.51. The molecule has 0 aliphatic rings. The zero-order valence-corrected chi connectivity index (χ0v) is 6.62. The van der Waals surface area contributed by atoms with E-state index >= 15 is 0 Å². The largest absolute Gasteiger partial charge is 0.264 e. The van der Waals surface area contributed by atoms with Crippen LogP contribution in [0.3, 0.4) is 0 Å². The van der Waals surface area contributed by atoms with Crippen molar-refractivity contribution in [2.75, 3.05) is 0 Å². The van der Waals surface area contributed by atoms with Gasteiger partial charge in [0.15, 0.2) is 0 Å². The molecule has 0 saturated heterocycles. The molecule has 2 heterocycles. The Morgan fingerprint density at radius 3 is 2.73 bits per heavy atom. The topological polar surface area (TPSA) is 25.8 Å². The number of pyridine rings is 2. The molecule has 0 aromatic carbocycles. The van der Waals surface area contributed by atoms with E-state index in [-0.39, 0.29) is 0 Å². The van der Waals surface area contributed by atoms with Crippen molar-refractivity contribution in [3.8, 4) is 0 Å². The van der Waals surface area contributed by atoms with E-state index in [1.807, 2.05) is 6.07 Å². The van der Waals surface area contributed by atoms with Crippen LogP contribution in [0.15, 0.2) is 35.7 Å². The van der Waals surface area contributed by atoms with Crippen molar-refractivity contribution < 1.29 is 0 Å². The summed E-state index contributed by atoms with van der Waals surface area (Å²) in [7, 11) is 0. The Labute approximate surface area is 69.7 Å². The standard InChI is InChI=1S/C8H6N2S/c11-8-5-10-4-6-3-9-2-1-7(6)8/h1-5,11H. The molecule has 54 valence electrons. The molecule has 2 rings (SSSR count). The summed E-state index contributed by atoms with van der Waals surface area (Å²) < 4.78 is 0. The van der Waals surface area contributed by atoms with Crippen molar-refractivity contribution in [1.29, 1.82) is 0 Å². The first kappa shape index (κ1) is 6.61. The zero-order valence-electron chi connectivity index (χ0n) is 5.73. The fraction of sp³-hybridized carbons (Fsp3) is 0. The quantitative estimate of drug-likeness (QED) is 0.599. The molecule has 0 saturated carbocycles. The van der Waals surface area contributed by atoms with E-state index in [0.29, 0.717) is 0 Å². The first-order valence-corrected chi connectivity index (χ1v) is 3.69. The van der Waals surface area contributed by atoms with Gasteiger partial charge in [-0.05, 0) is 6.07 Å². The van der Waals surface area contributed by atoms with Crippen molar-refractivity contribution in [1.82, 2.24) is 9.97 Å². The number of nitrogens with zero attached hydrogens (tertiary/aromatic N) is 2. The lowest BCUT2D eigenvalue weighted by Crippen LogP contribution is -1.78. The van der Waals surface area contributed by atoms with Crippen LogP contribution in [0.2, 0.25) is 0 Å². The summed E-state index contributed by atoms with van der Waals surface area (Å²) in [5, 5.41) is 2.12. The minimum Gasteiger partial charge on any atom is -0.264 e. The summed E-state index contributed by atoms with van der Waals surface area (Å²) in [6, 6.07) is 1.93. The van der Waals surface area contributed by atoms with E-state index in [1.54, 1.807) is 24.8 Å². The normalized spacial score (nSPS) is 10.3. The Hall–Kier alpha value is -1.09. The summed E-state index contributed by atoms with van der Waals surface area (Å²) >= 11 is 4.26. The molecule has 3 heteroatoms. The average Bonchev–Trinajstić information content (AvgIpc) is 2.06. The lowest BCUT2D eigenvalue weighted by Gasteiger charge is -1.96. The van der Waals surface area contributed by atoms with Crippen molar-refractivity contribution in [3.63, 3.8) is 0 Å². The first-order chi connectivity index (χ1) is 5.38. The van der Waals surface area contributed by atoms with Gasteiger partial charge in [-0.15, -0.1) is 12.6 Å². The highest BCUT2D eigenvalue weighted by atomic mass is 32.1. The molecule has 0 aliphatic carbocycles. The van der Waals surface area contributed by atoms with E-state index in [2.05, 4.69) is 22.6 Å². The molecular formula is C8H6N2S. The van der Waals surface area contributed by atoms with Gasteiger partial charge < -0.3 is 0 Å². The van der Waals surface area contributed by atoms with Gasteiger partial charge in [0, 0.05) is 40.5 Å². The maximum atomic E-state index is 4.26. The second-order valence-corrected chi connectivity index (χ2v) is 2.74. The molecule has 0 N–H and O–H groups in total. The third-order valence-corrected chi connectivity index (χ3v) is 1.89. The van der Waals surface area contributed by atoms with Crippen LogP contribution >= 0.6 is 12.6 Å². The predicted molar refractivity (Wildman–Crippen MR) is 46.8 cm³/mol. The van der Waals surface area contributed by atoms with Gasteiger partial charge in [-0.2, -0.15) is 0 Å². The van der Waals surface area contributed by atoms with Gasteiger partial charge in [-0.3, -0.25) is 9.97 Å². The molecule has 0 radical (unpaired) electrons. The van der Waals surface area contributed by atoms with Gasteiger partial charge in [0.05, 0.1) is 0 Å². The Kier molecular flexibility index (Phi) is 1.51. The minimum atomic E-state index is 0.893. The van der Waals surface area contributed by atoms with Crippen LogP contribution in [0.5, 0.6) is 0 Å². The summed E-state index contributed by atoms with van der Waals surface area (Å²) in [5.74, 6) is 0. The third kappa shape index (κ3) is 1.07. The van der Waals surface area contributed by atoms with Crippen molar-refractivity contribution in [2.45, 2.75) is 4.90 Å². The first-order valence-electron chi connectivity index (χ1n) is 3.24. The maximum Gasteiger partial charge on any atom is 0.0407 e. The average molecular weight is 162 g/mol. The van der Waals surface area contributed by atoms with E-state index < -0.39 is 0 Å². The molecule has 0 aliphatic heterocycles. The molecule has 2 nitrogen and oxygen atoms in total. The van der Waals surface area contributed by atoms with E-state index in [1.165, 1.54) is 0 Å². The van der Waals surface area contributed by atoms with Crippen LogP contribution in [0.4, 0.5) is 0 Å². The molecule has 2 aromatic heterocycles. The van der Waals surface area contributed by atoms with Crippen molar-refractivity contribution >= 4 is 23.4 Å². The number of thiol groups is 1. The summed E-state index contributed by atoms with van der Waals surface area (Å²) in [6.45, 7) is 0. The molecule has 0 fully saturated rings. The fourth-order valence-corrected chi connectivity index (χ4v) is 1.27. The number of hydrogen-bond acceptors (Lipinski definition) is 3. The molecule has 2 aromatic rings. The van der Waals surface area contributed by atoms with Gasteiger partial charge in [0.1, 0.15) is 0 Å². The molecule has 11 heavy (non-hydrogen) atoms. The summed E-state index contributed by atoms with van der Waals surface area (Å²) in [4.78, 5) is 8.87. The maximum absolute atomic E-state index is 4.26. The minimum absolute atomic E-state index is 0.893. The van der Waals surface area contributed by atoms with Gasteiger partial charge in [0.25, 0.3) is 0 Å². The molecular weight excluding hydrogens is 156 g/mol. The van der Waals surface area contributed by atoms with E-state index in [0.717, 1.165) is 15.7 Å². The molecule has 0 unspecified atom stereocenters. The summed E-state index contributed by atoms with van der Waals surface area (Å²) in [6.07, 6.45) is 7.04. The van der Waals surface area contributed by atoms with Crippen LogP contribution in [0, 0.1) is 0 Å². The SMILES string of the molecule is Sc1cncc2cnccc12. The zero-order chi connectivity index (χ0) is 7.68. The van der Waals surface area contributed by atoms with E-state index in [9.17, 15) is 0 Å². The lowest BCUT2D eigenvalue weighted by atomic mass is 10.2. The van der Waals surface area contributed by atoms with Gasteiger partial charge in [0.2, 0.25) is 0 Å². The second-order valence-electron chi connectivity index (χ2n) is 2.26. The lowest BCUT2D eigenvalue weighted by molar-refractivity contribution is 1.26. The fourth-order valence-electron chi connectivity index (χ4n) is 1.00. The number of hydrogen-bond donors (Lipinski definition) is 1. The van der Waals surface area contributed by atoms with Crippen LogP contribution in [0.1, 0.15) is 0 Å². The van der Waals surface area contributed by atoms with Crippen LogP contribution in [-0.2, 0) is 0 Å². The summed E-state index contributed by atoms with van der Waals surface area (Å²) in [5.41, 5.74) is 0. The highest BCUT2D eigenvalue weighted by Crippen LogP contribution is 2.18. The third-order valence-electron chi connectivity index (χ3n) is 1.54. The van der Waals surface area contributed by atoms with Crippen LogP contribution in [0.25, 0.3) is 10.8 Å². The molecule has 0 atom stereocenters. The number of rotatable bonds is 0. The molecule has 0 amide bonds. The van der Waals surface area contributed by atoms with Crippen LogP contribution < -0.4 is 0 Å². The van der Waals surface area contributed by atoms with Crippen molar-refractivity contribution in [2.24, 2.45) is 0 Å². The number of aromatic nitrogens is 2. The predicted octanol–water partition coefficient (Wildman–Crippen LogP) is 1.92. The van der Waals surface area contributed by atoms with Crippen LogP contribution in [-0.4, -0.2) is 9.97 Å². The van der Waals surface area contributed by atoms with Gasteiger partial charge in [-0.1, -0.05) is 0 Å². The monoisotopic (exact) mass is 162 g/mol. The highest BCUT2D eigenvalue weighted by molar-refractivity contribution is 7.80. The smallest absolute Gasteiger partial charge is 0.0407 e. The molecule has 0 bridgehead atoms. The van der Waals surface area contributed by atoms with E-state index in [4.69, 9.17) is 0 Å². The Morgan fingerprint density at radius 2 is 1.91 bits per heavy atom. The van der Waals surface area contributed by atoms with Gasteiger partial charge >= 0.3 is 0 Å². The van der Waals surface area contributed by atoms with Crippen molar-refractivity contribution in [3.05, 3.63) is 30.9 Å². The number of fused-ring (bicyclic) bond motifs is 1. The Morgan fingerprint density at radius 1 is 1.09 bits per heavy atom. The van der Waals surface area contributed by atoms with Gasteiger partial charge in [-0.25, -0.2) is 0 Å². The highest BCUT2D eigenvalue weighted by Gasteiger charge is 1.94. The Balaban J connectivity index is 2.91.